The summed E-state index contributed by atoms with van der Waals surface area (Å²) >= 11 is 0. The lowest BCUT2D eigenvalue weighted by atomic mass is 9.91. The smallest absolute Gasteiger partial charge is 0.222 e. The maximum atomic E-state index is 12.6. The lowest BCUT2D eigenvalue weighted by Gasteiger charge is -2.28. The van der Waals surface area contributed by atoms with Crippen molar-refractivity contribution in [2.45, 2.75) is 37.8 Å². The van der Waals surface area contributed by atoms with Gasteiger partial charge in [0, 0.05) is 12.1 Å². The largest absolute Gasteiger partial charge is 0.351 e. The maximum Gasteiger partial charge on any atom is 0.222 e. The van der Waals surface area contributed by atoms with Gasteiger partial charge in [-0.2, -0.15) is 0 Å². The zero-order valence-corrected chi connectivity index (χ0v) is 9.41. The van der Waals surface area contributed by atoms with E-state index in [9.17, 15) is 4.39 Å². The molecule has 2 N–H and O–H groups in total. The molecular formula is C11H17FN4. The number of halogens is 1. The molecule has 1 aliphatic rings. The molecule has 1 saturated carbocycles. The van der Waals surface area contributed by atoms with E-state index in [1.807, 2.05) is 7.05 Å². The fourth-order valence-electron chi connectivity index (χ4n) is 2.10. The topological polar surface area (TPSA) is 49.8 Å². The van der Waals surface area contributed by atoms with Crippen molar-refractivity contribution in [2.24, 2.45) is 0 Å². The lowest BCUT2D eigenvalue weighted by molar-refractivity contribution is 0.370. The summed E-state index contributed by atoms with van der Waals surface area (Å²) in [6.07, 6.45) is 6.91. The van der Waals surface area contributed by atoms with Crippen molar-refractivity contribution in [3.8, 4) is 0 Å². The maximum absolute atomic E-state index is 12.6. The number of nitrogens with one attached hydrogen (secondary N) is 2. The van der Waals surface area contributed by atoms with Gasteiger partial charge in [0.25, 0.3) is 0 Å². The first-order valence-electron chi connectivity index (χ1n) is 5.69. The molecule has 0 amide bonds. The van der Waals surface area contributed by atoms with Crippen molar-refractivity contribution in [1.82, 2.24) is 15.3 Å². The summed E-state index contributed by atoms with van der Waals surface area (Å²) in [6.45, 7) is 0. The van der Waals surface area contributed by atoms with E-state index in [1.165, 1.54) is 12.4 Å². The van der Waals surface area contributed by atoms with E-state index in [4.69, 9.17) is 0 Å². The van der Waals surface area contributed by atoms with Gasteiger partial charge in [0.15, 0.2) is 5.82 Å². The van der Waals surface area contributed by atoms with Crippen LogP contribution in [0.3, 0.4) is 0 Å². The summed E-state index contributed by atoms with van der Waals surface area (Å²) in [5.41, 5.74) is 0. The minimum Gasteiger partial charge on any atom is -0.351 e. The van der Waals surface area contributed by atoms with Crippen molar-refractivity contribution in [3.05, 3.63) is 18.2 Å². The molecule has 1 fully saturated rings. The quantitative estimate of drug-likeness (QED) is 0.818. The second-order valence-electron chi connectivity index (χ2n) is 4.21. The van der Waals surface area contributed by atoms with Gasteiger partial charge >= 0.3 is 0 Å². The first kappa shape index (κ1) is 11.3. The molecule has 0 aliphatic heterocycles. The van der Waals surface area contributed by atoms with Crippen LogP contribution in [0.1, 0.15) is 25.7 Å². The summed E-state index contributed by atoms with van der Waals surface area (Å²) in [7, 11) is 2.00. The summed E-state index contributed by atoms with van der Waals surface area (Å²) in [5.74, 6) is 0.124. The van der Waals surface area contributed by atoms with Crippen molar-refractivity contribution >= 4 is 5.95 Å². The molecule has 1 aromatic rings. The van der Waals surface area contributed by atoms with Crippen molar-refractivity contribution < 1.29 is 4.39 Å². The molecule has 16 heavy (non-hydrogen) atoms. The predicted molar refractivity (Wildman–Crippen MR) is 60.7 cm³/mol. The van der Waals surface area contributed by atoms with E-state index in [0.29, 0.717) is 18.0 Å². The molecule has 0 unspecified atom stereocenters. The van der Waals surface area contributed by atoms with Crippen molar-refractivity contribution in [2.75, 3.05) is 12.4 Å². The van der Waals surface area contributed by atoms with Crippen molar-refractivity contribution in [1.29, 1.82) is 0 Å². The Kier molecular flexibility index (Phi) is 3.66. The first-order valence-corrected chi connectivity index (χ1v) is 5.69. The number of anilines is 1. The molecule has 0 radical (unpaired) electrons. The van der Waals surface area contributed by atoms with E-state index in [2.05, 4.69) is 20.6 Å². The zero-order chi connectivity index (χ0) is 11.4. The normalized spacial score (nSPS) is 25.4. The minimum absolute atomic E-state index is 0.399. The summed E-state index contributed by atoms with van der Waals surface area (Å²) < 4.78 is 12.6. The second kappa shape index (κ2) is 5.21. The lowest BCUT2D eigenvalue weighted by Crippen LogP contribution is -2.35. The van der Waals surface area contributed by atoms with Gasteiger partial charge in [0.05, 0.1) is 12.4 Å². The summed E-state index contributed by atoms with van der Waals surface area (Å²) in [6, 6.07) is 1.04. The molecule has 0 atom stereocenters. The van der Waals surface area contributed by atoms with Gasteiger partial charge in [-0.05, 0) is 32.7 Å². The third-order valence-corrected chi connectivity index (χ3v) is 3.09. The highest BCUT2D eigenvalue weighted by molar-refractivity contribution is 5.24. The molecule has 5 heteroatoms. The van der Waals surface area contributed by atoms with Crippen LogP contribution < -0.4 is 10.6 Å². The molecule has 88 valence electrons. The number of hydrogen-bond donors (Lipinski definition) is 2. The van der Waals surface area contributed by atoms with Gasteiger partial charge in [0.2, 0.25) is 5.95 Å². The molecule has 2 rings (SSSR count). The van der Waals surface area contributed by atoms with Crippen LogP contribution in [0, 0.1) is 5.82 Å². The fraction of sp³-hybridized carbons (Fsp3) is 0.636. The SMILES string of the molecule is CNC1CCC(Nc2ncc(F)cn2)CC1. The average molecular weight is 224 g/mol. The van der Waals surface area contributed by atoms with Crippen LogP contribution in [0.2, 0.25) is 0 Å². The molecule has 0 aromatic carbocycles. The standard InChI is InChI=1S/C11H17FN4/c1-13-9-2-4-10(5-3-9)16-11-14-6-8(12)7-15-11/h6-7,9-10,13H,2-5H2,1H3,(H,14,15,16). The minimum atomic E-state index is -0.399. The highest BCUT2D eigenvalue weighted by Crippen LogP contribution is 2.20. The van der Waals surface area contributed by atoms with Gasteiger partial charge in [-0.25, -0.2) is 14.4 Å². The summed E-state index contributed by atoms with van der Waals surface area (Å²) in [4.78, 5) is 7.80. The highest BCUT2D eigenvalue weighted by Gasteiger charge is 2.20. The zero-order valence-electron chi connectivity index (χ0n) is 9.41. The molecule has 0 bridgehead atoms. The predicted octanol–water partition coefficient (Wildman–Crippen LogP) is 1.56. The monoisotopic (exact) mass is 224 g/mol. The molecule has 0 spiro atoms. The number of nitrogens with zero attached hydrogens (tertiary/aromatic N) is 2. The third kappa shape index (κ3) is 2.88. The van der Waals surface area contributed by atoms with E-state index < -0.39 is 5.82 Å². The van der Waals surface area contributed by atoms with Crippen LogP contribution in [0.25, 0.3) is 0 Å². The van der Waals surface area contributed by atoms with Gasteiger partial charge in [-0.3, -0.25) is 0 Å². The van der Waals surface area contributed by atoms with Gasteiger partial charge in [0.1, 0.15) is 0 Å². The van der Waals surface area contributed by atoms with Gasteiger partial charge < -0.3 is 10.6 Å². The van der Waals surface area contributed by atoms with Crippen LogP contribution >= 0.6 is 0 Å². The average Bonchev–Trinajstić information content (AvgIpc) is 2.33. The Morgan fingerprint density at radius 2 is 1.69 bits per heavy atom. The van der Waals surface area contributed by atoms with Gasteiger partial charge in [-0.1, -0.05) is 0 Å². The molecule has 4 nitrogen and oxygen atoms in total. The van der Waals surface area contributed by atoms with Crippen LogP contribution in [-0.4, -0.2) is 29.1 Å². The molecule has 1 aliphatic carbocycles. The Morgan fingerprint density at radius 3 is 2.25 bits per heavy atom. The number of rotatable bonds is 3. The first-order chi connectivity index (χ1) is 7.78. The molecule has 1 aromatic heterocycles. The third-order valence-electron chi connectivity index (χ3n) is 3.09. The molecule has 1 heterocycles. The Hall–Kier alpha value is -1.23. The number of aromatic nitrogens is 2. The Bertz CT molecular complexity index is 319. The Morgan fingerprint density at radius 1 is 1.12 bits per heavy atom. The number of hydrogen-bond acceptors (Lipinski definition) is 4. The Balaban J connectivity index is 1.84. The molecular weight excluding hydrogens is 207 g/mol. The van der Waals surface area contributed by atoms with Crippen LogP contribution in [0.15, 0.2) is 12.4 Å². The van der Waals surface area contributed by atoms with Gasteiger partial charge in [-0.15, -0.1) is 0 Å². The van der Waals surface area contributed by atoms with Crippen molar-refractivity contribution in [3.63, 3.8) is 0 Å². The van der Waals surface area contributed by atoms with Crippen LogP contribution in [-0.2, 0) is 0 Å². The van der Waals surface area contributed by atoms with Crippen LogP contribution in [0.5, 0.6) is 0 Å². The van der Waals surface area contributed by atoms with E-state index >= 15 is 0 Å². The van der Waals surface area contributed by atoms with E-state index in [0.717, 1.165) is 25.7 Å². The molecule has 0 saturated heterocycles. The summed E-state index contributed by atoms with van der Waals surface area (Å²) in [5, 5.41) is 6.52. The Labute approximate surface area is 94.7 Å². The van der Waals surface area contributed by atoms with E-state index in [1.54, 1.807) is 0 Å². The van der Waals surface area contributed by atoms with Crippen LogP contribution in [0.4, 0.5) is 10.3 Å². The van der Waals surface area contributed by atoms with E-state index in [-0.39, 0.29) is 0 Å². The second-order valence-corrected chi connectivity index (χ2v) is 4.21. The fourth-order valence-corrected chi connectivity index (χ4v) is 2.10. The highest BCUT2D eigenvalue weighted by atomic mass is 19.1.